The lowest BCUT2D eigenvalue weighted by Gasteiger charge is -2.48. The normalized spacial score (nSPS) is 26.7. The Morgan fingerprint density at radius 2 is 2.24 bits per heavy atom. The zero-order chi connectivity index (χ0) is 14.8. The summed E-state index contributed by atoms with van der Waals surface area (Å²) >= 11 is 3.54. The number of nitrogens with zero attached hydrogens (tertiary/aromatic N) is 3. The molecule has 3 heterocycles. The second kappa shape index (κ2) is 6.63. The maximum Gasteiger partial charge on any atom is 0.133 e. The monoisotopic (exact) mass is 352 g/mol. The number of rotatable bonds is 3. The van der Waals surface area contributed by atoms with E-state index < -0.39 is 0 Å². The number of nitrogens with one attached hydrogen (secondary N) is 1. The number of pyridine rings is 1. The topological polar surface area (TPSA) is 31.4 Å². The highest BCUT2D eigenvalue weighted by atomic mass is 79.9. The van der Waals surface area contributed by atoms with Gasteiger partial charge in [-0.15, -0.1) is 0 Å². The largest absolute Gasteiger partial charge is 0.351 e. The number of piperazine rings is 1. The molecule has 5 heteroatoms. The molecular weight excluding hydrogens is 328 g/mol. The van der Waals surface area contributed by atoms with Crippen LogP contribution in [0.2, 0.25) is 0 Å². The summed E-state index contributed by atoms with van der Waals surface area (Å²) in [6.07, 6.45) is 6.00. The lowest BCUT2D eigenvalue weighted by Crippen LogP contribution is -2.59. The van der Waals surface area contributed by atoms with Crippen LogP contribution in [-0.4, -0.2) is 48.6 Å². The second-order valence-electron chi connectivity index (χ2n) is 6.31. The van der Waals surface area contributed by atoms with Gasteiger partial charge in [0.1, 0.15) is 5.82 Å². The molecule has 2 unspecified atom stereocenters. The summed E-state index contributed by atoms with van der Waals surface area (Å²) in [7, 11) is 1.99. The van der Waals surface area contributed by atoms with Crippen molar-refractivity contribution in [2.24, 2.45) is 0 Å². The molecule has 3 rings (SSSR count). The Morgan fingerprint density at radius 1 is 1.38 bits per heavy atom. The summed E-state index contributed by atoms with van der Waals surface area (Å²) < 4.78 is 1.06. The van der Waals surface area contributed by atoms with Crippen LogP contribution in [0.4, 0.5) is 5.82 Å². The van der Waals surface area contributed by atoms with E-state index in [-0.39, 0.29) is 0 Å². The van der Waals surface area contributed by atoms with E-state index in [0.717, 1.165) is 23.4 Å². The van der Waals surface area contributed by atoms with Crippen molar-refractivity contribution in [3.8, 4) is 0 Å². The Kier molecular flexibility index (Phi) is 4.82. The number of hydrogen-bond acceptors (Lipinski definition) is 4. The van der Waals surface area contributed by atoms with Gasteiger partial charge in [0.05, 0.1) is 0 Å². The van der Waals surface area contributed by atoms with E-state index in [1.165, 1.54) is 37.9 Å². The fraction of sp³-hybridized carbons (Fsp3) is 0.688. The fourth-order valence-corrected chi connectivity index (χ4v) is 4.08. The molecule has 1 aromatic rings. The summed E-state index contributed by atoms with van der Waals surface area (Å²) in [6.45, 7) is 6.75. The van der Waals surface area contributed by atoms with Gasteiger partial charge in [0.2, 0.25) is 0 Å². The highest BCUT2D eigenvalue weighted by Gasteiger charge is 2.34. The smallest absolute Gasteiger partial charge is 0.133 e. The maximum atomic E-state index is 4.73. The van der Waals surface area contributed by atoms with E-state index in [2.05, 4.69) is 44.0 Å². The summed E-state index contributed by atoms with van der Waals surface area (Å²) in [5.41, 5.74) is 1.28. The number of aromatic nitrogens is 1. The molecule has 2 aliphatic rings. The minimum Gasteiger partial charge on any atom is -0.351 e. The first kappa shape index (κ1) is 15.3. The molecule has 0 spiro atoms. The van der Waals surface area contributed by atoms with Crippen LogP contribution in [0.15, 0.2) is 16.7 Å². The summed E-state index contributed by atoms with van der Waals surface area (Å²) in [6, 6.07) is 3.44. The molecule has 21 heavy (non-hydrogen) atoms. The van der Waals surface area contributed by atoms with E-state index in [1.807, 2.05) is 13.2 Å². The first-order valence-corrected chi connectivity index (χ1v) is 8.78. The third-order valence-electron chi connectivity index (χ3n) is 4.74. The number of fused-ring (bicyclic) bond motifs is 1. The van der Waals surface area contributed by atoms with Gasteiger partial charge in [-0.3, -0.25) is 4.90 Å². The first-order chi connectivity index (χ1) is 10.2. The predicted molar refractivity (Wildman–Crippen MR) is 90.7 cm³/mol. The standard InChI is InChI=1S/C16H25BrN4/c1-12-10-20-6-4-3-5-15(20)11-21(12)16-13(8-18-2)7-14(17)9-19-16/h7,9,12,15,18H,3-6,8,10-11H2,1-2H3. The Labute approximate surface area is 136 Å². The second-order valence-corrected chi connectivity index (χ2v) is 7.23. The number of piperidine rings is 1. The molecular formula is C16H25BrN4. The lowest BCUT2D eigenvalue weighted by atomic mass is 9.97. The van der Waals surface area contributed by atoms with Crippen molar-refractivity contribution < 1.29 is 0 Å². The maximum absolute atomic E-state index is 4.73. The van der Waals surface area contributed by atoms with Gasteiger partial charge in [-0.2, -0.15) is 0 Å². The molecule has 2 fully saturated rings. The summed E-state index contributed by atoms with van der Waals surface area (Å²) in [5, 5.41) is 3.26. The van der Waals surface area contributed by atoms with Crippen LogP contribution in [0.5, 0.6) is 0 Å². The van der Waals surface area contributed by atoms with Crippen LogP contribution in [0.1, 0.15) is 31.7 Å². The van der Waals surface area contributed by atoms with Gasteiger partial charge in [-0.25, -0.2) is 4.98 Å². The van der Waals surface area contributed by atoms with E-state index >= 15 is 0 Å². The molecule has 2 aliphatic heterocycles. The molecule has 0 amide bonds. The Hall–Kier alpha value is -0.650. The quantitative estimate of drug-likeness (QED) is 0.905. The average molecular weight is 353 g/mol. The van der Waals surface area contributed by atoms with Gasteiger partial charge in [0.25, 0.3) is 0 Å². The van der Waals surface area contributed by atoms with Crippen LogP contribution in [0.25, 0.3) is 0 Å². The van der Waals surface area contributed by atoms with Gasteiger partial charge >= 0.3 is 0 Å². The van der Waals surface area contributed by atoms with Gasteiger partial charge in [-0.05, 0) is 55.4 Å². The van der Waals surface area contributed by atoms with Crippen molar-refractivity contribution in [1.82, 2.24) is 15.2 Å². The van der Waals surface area contributed by atoms with E-state index in [4.69, 9.17) is 4.98 Å². The molecule has 1 aromatic heterocycles. The third kappa shape index (κ3) is 3.25. The van der Waals surface area contributed by atoms with Crippen LogP contribution in [0.3, 0.4) is 0 Å². The molecule has 116 valence electrons. The van der Waals surface area contributed by atoms with Gasteiger partial charge in [0, 0.05) is 48.0 Å². The Morgan fingerprint density at radius 3 is 3.05 bits per heavy atom. The van der Waals surface area contributed by atoms with Gasteiger partial charge in [-0.1, -0.05) is 6.42 Å². The van der Waals surface area contributed by atoms with Crippen molar-refractivity contribution in [2.45, 2.75) is 44.8 Å². The number of hydrogen-bond donors (Lipinski definition) is 1. The molecule has 0 aromatic carbocycles. The van der Waals surface area contributed by atoms with Crippen molar-refractivity contribution in [3.05, 3.63) is 22.3 Å². The number of halogens is 1. The van der Waals surface area contributed by atoms with E-state index in [9.17, 15) is 0 Å². The molecule has 0 aliphatic carbocycles. The molecule has 1 N–H and O–H groups in total. The van der Waals surface area contributed by atoms with E-state index in [0.29, 0.717) is 12.1 Å². The van der Waals surface area contributed by atoms with Crippen LogP contribution in [-0.2, 0) is 6.54 Å². The molecule has 0 radical (unpaired) electrons. The zero-order valence-corrected chi connectivity index (χ0v) is 14.6. The molecule has 2 saturated heterocycles. The fourth-order valence-electron chi connectivity index (χ4n) is 3.70. The third-order valence-corrected chi connectivity index (χ3v) is 5.17. The van der Waals surface area contributed by atoms with Crippen LogP contribution < -0.4 is 10.2 Å². The minimum absolute atomic E-state index is 0.531. The number of anilines is 1. The lowest BCUT2D eigenvalue weighted by molar-refractivity contribution is 0.115. The summed E-state index contributed by atoms with van der Waals surface area (Å²) in [4.78, 5) is 9.93. The van der Waals surface area contributed by atoms with Crippen LogP contribution >= 0.6 is 15.9 Å². The van der Waals surface area contributed by atoms with Crippen molar-refractivity contribution in [2.75, 3.05) is 31.6 Å². The molecule has 2 atom stereocenters. The van der Waals surface area contributed by atoms with Crippen molar-refractivity contribution in [1.29, 1.82) is 0 Å². The van der Waals surface area contributed by atoms with Crippen molar-refractivity contribution >= 4 is 21.7 Å². The highest BCUT2D eigenvalue weighted by Crippen LogP contribution is 2.30. The first-order valence-electron chi connectivity index (χ1n) is 7.98. The summed E-state index contributed by atoms with van der Waals surface area (Å²) in [5.74, 6) is 1.16. The van der Waals surface area contributed by atoms with Gasteiger partial charge in [0.15, 0.2) is 0 Å². The average Bonchev–Trinajstić information content (AvgIpc) is 2.47. The molecule has 0 saturated carbocycles. The zero-order valence-electron chi connectivity index (χ0n) is 13.0. The van der Waals surface area contributed by atoms with Gasteiger partial charge < -0.3 is 10.2 Å². The Bertz CT molecular complexity index is 493. The SMILES string of the molecule is CNCc1cc(Br)cnc1N1CC2CCCCN2CC1C. The molecule has 0 bridgehead atoms. The van der Waals surface area contributed by atoms with E-state index in [1.54, 1.807) is 0 Å². The van der Waals surface area contributed by atoms with Crippen LogP contribution in [0, 0.1) is 0 Å². The predicted octanol–water partition coefficient (Wildman–Crippen LogP) is 2.63. The van der Waals surface area contributed by atoms with Crippen molar-refractivity contribution in [3.63, 3.8) is 0 Å². The Balaban J connectivity index is 1.85. The molecule has 4 nitrogen and oxygen atoms in total. The minimum atomic E-state index is 0.531. The highest BCUT2D eigenvalue weighted by molar-refractivity contribution is 9.10.